The van der Waals surface area contributed by atoms with E-state index in [-0.39, 0.29) is 0 Å². The highest BCUT2D eigenvalue weighted by Gasteiger charge is 1.96. The fourth-order valence-electron chi connectivity index (χ4n) is 2.18. The number of rotatable bonds is 2. The summed E-state index contributed by atoms with van der Waals surface area (Å²) in [6, 6.07) is 14.6. The van der Waals surface area contributed by atoms with E-state index in [0.29, 0.717) is 11.8 Å². The summed E-state index contributed by atoms with van der Waals surface area (Å²) in [4.78, 5) is 4.01. The van der Waals surface area contributed by atoms with Gasteiger partial charge in [0.1, 0.15) is 0 Å². The average Bonchev–Trinajstić information content (AvgIpc) is 2.72. The number of pyridine rings is 1. The summed E-state index contributed by atoms with van der Waals surface area (Å²) >= 11 is 2.02. The first-order chi connectivity index (χ1) is 13.0. The monoisotopic (exact) mass is 385 g/mol. The van der Waals surface area contributed by atoms with Crippen LogP contribution in [0.3, 0.4) is 0 Å². The summed E-state index contributed by atoms with van der Waals surface area (Å²) in [5, 5.41) is 0. The van der Waals surface area contributed by atoms with E-state index >= 15 is 0 Å². The molecule has 0 spiro atoms. The summed E-state index contributed by atoms with van der Waals surface area (Å²) in [6.07, 6.45) is 7.33. The van der Waals surface area contributed by atoms with Crippen molar-refractivity contribution >= 4 is 11.8 Å². The second-order valence-electron chi connectivity index (χ2n) is 6.88. The summed E-state index contributed by atoms with van der Waals surface area (Å²) in [7, 11) is 0. The lowest BCUT2D eigenvalue weighted by Gasteiger charge is -2.05. The van der Waals surface area contributed by atoms with Gasteiger partial charge in [-0.05, 0) is 48.1 Å². The minimum Gasteiger partial charge on any atom is -0.264 e. The largest absolute Gasteiger partial charge is 0.264 e. The van der Waals surface area contributed by atoms with E-state index in [1.807, 2.05) is 43.9 Å². The van der Waals surface area contributed by atoms with Crippen LogP contribution in [0.1, 0.15) is 77.8 Å². The Morgan fingerprint density at radius 3 is 1.74 bits per heavy atom. The van der Waals surface area contributed by atoms with Crippen LogP contribution in [0, 0.1) is 0 Å². The molecule has 0 aliphatic carbocycles. The number of nitrogens with zero attached hydrogens (tertiary/aromatic N) is 1. The van der Waals surface area contributed by atoms with Gasteiger partial charge >= 0.3 is 0 Å². The Labute approximate surface area is 172 Å². The Kier molecular flexibility index (Phi) is 15.7. The van der Waals surface area contributed by atoms with Crippen molar-refractivity contribution in [1.29, 1.82) is 0 Å². The van der Waals surface area contributed by atoms with Crippen molar-refractivity contribution in [2.75, 3.05) is 11.5 Å². The smallest absolute Gasteiger partial charge is 0.0302 e. The van der Waals surface area contributed by atoms with Crippen LogP contribution >= 0.6 is 11.8 Å². The molecule has 1 aromatic heterocycles. The predicted octanol–water partition coefficient (Wildman–Crippen LogP) is 8.11. The van der Waals surface area contributed by atoms with Crippen LogP contribution in [0.4, 0.5) is 0 Å². The molecule has 1 aliphatic heterocycles. The summed E-state index contributed by atoms with van der Waals surface area (Å²) < 4.78 is 0. The predicted molar refractivity (Wildman–Crippen MR) is 126 cm³/mol. The number of benzene rings is 1. The van der Waals surface area contributed by atoms with Gasteiger partial charge in [-0.3, -0.25) is 4.98 Å². The van der Waals surface area contributed by atoms with E-state index in [1.54, 1.807) is 11.8 Å². The molecule has 0 saturated carbocycles. The minimum atomic E-state index is 0.596. The summed E-state index contributed by atoms with van der Waals surface area (Å²) in [6.45, 7) is 14.9. The highest BCUT2D eigenvalue weighted by atomic mass is 32.2. The molecule has 0 N–H and O–H groups in total. The molecule has 1 nitrogen and oxygen atoms in total. The van der Waals surface area contributed by atoms with Gasteiger partial charge in [0.2, 0.25) is 0 Å². The third kappa shape index (κ3) is 13.3. The van der Waals surface area contributed by atoms with Gasteiger partial charge in [-0.2, -0.15) is 11.8 Å². The molecule has 1 aromatic carbocycles. The van der Waals surface area contributed by atoms with E-state index in [0.717, 1.165) is 0 Å². The number of hydrogen-bond acceptors (Lipinski definition) is 2. The Balaban J connectivity index is 0.000000361. The zero-order chi connectivity index (χ0) is 20.5. The topological polar surface area (TPSA) is 12.9 Å². The molecule has 27 heavy (non-hydrogen) atoms. The van der Waals surface area contributed by atoms with Crippen LogP contribution in [0.15, 0.2) is 66.5 Å². The van der Waals surface area contributed by atoms with Crippen molar-refractivity contribution in [2.24, 2.45) is 0 Å². The third-order valence-corrected chi connectivity index (χ3v) is 4.90. The van der Waals surface area contributed by atoms with Crippen LogP contribution in [-0.4, -0.2) is 16.5 Å². The maximum absolute atomic E-state index is 4.01. The molecule has 0 saturated heterocycles. The molecule has 0 fully saturated rings. The molecular weight excluding hydrogens is 346 g/mol. The van der Waals surface area contributed by atoms with E-state index in [1.165, 1.54) is 29.1 Å². The van der Waals surface area contributed by atoms with Gasteiger partial charge < -0.3 is 0 Å². The van der Waals surface area contributed by atoms with Crippen molar-refractivity contribution < 1.29 is 0 Å². The fourth-order valence-corrected chi connectivity index (χ4v) is 3.21. The van der Waals surface area contributed by atoms with Crippen molar-refractivity contribution in [3.8, 4) is 0 Å². The minimum absolute atomic E-state index is 0.596. The maximum atomic E-state index is 4.01. The molecule has 150 valence electrons. The number of aromatic nitrogens is 1. The highest BCUT2D eigenvalue weighted by Crippen LogP contribution is 2.15. The standard InChI is InChI=1S/C9H12.C8H11N.C6H10S.C2H6/c1-8(2)9-6-4-3-5-7-9;1-7(2)8-4-3-5-9-6-8;1-6-2-4-7-5-3-6;1-2/h3-8H,1-2H3;3-7H,1-2H3;2H,3-5H2,1H3;1-2H3. The quantitative estimate of drug-likeness (QED) is 0.484. The summed E-state index contributed by atoms with van der Waals surface area (Å²) in [5.41, 5.74) is 4.29. The molecular formula is C25H39NS. The lowest BCUT2D eigenvalue weighted by molar-refractivity contribution is 0.858. The second kappa shape index (κ2) is 16.6. The third-order valence-electron chi connectivity index (χ3n) is 4.01. The molecule has 3 rings (SSSR count). The SMILES string of the molecule is CC.CC(C)c1ccccc1.CC(C)c1cccnc1.CC1=CCSCC1. The second-order valence-corrected chi connectivity index (χ2v) is 8.03. The lowest BCUT2D eigenvalue weighted by Crippen LogP contribution is -1.90. The fraction of sp³-hybridized carbons (Fsp3) is 0.480. The van der Waals surface area contributed by atoms with E-state index in [4.69, 9.17) is 0 Å². The van der Waals surface area contributed by atoms with Gasteiger partial charge in [0.15, 0.2) is 0 Å². The first-order valence-electron chi connectivity index (χ1n) is 10.2. The Bertz CT molecular complexity index is 545. The van der Waals surface area contributed by atoms with E-state index in [9.17, 15) is 0 Å². The molecule has 2 heterocycles. The van der Waals surface area contributed by atoms with E-state index in [2.05, 4.69) is 76.0 Å². The Hall–Kier alpha value is -1.54. The molecule has 1 aliphatic rings. The molecule has 0 amide bonds. The molecule has 2 aromatic rings. The van der Waals surface area contributed by atoms with Gasteiger partial charge in [-0.1, -0.05) is 89.6 Å². The van der Waals surface area contributed by atoms with Gasteiger partial charge in [0.05, 0.1) is 0 Å². The number of hydrogen-bond donors (Lipinski definition) is 0. The molecule has 0 radical (unpaired) electrons. The van der Waals surface area contributed by atoms with Crippen LogP contribution < -0.4 is 0 Å². The van der Waals surface area contributed by atoms with Crippen LogP contribution in [-0.2, 0) is 0 Å². The number of thioether (sulfide) groups is 1. The van der Waals surface area contributed by atoms with Crippen molar-refractivity contribution in [3.63, 3.8) is 0 Å². The zero-order valence-corrected chi connectivity index (χ0v) is 19.2. The van der Waals surface area contributed by atoms with Gasteiger partial charge in [-0.25, -0.2) is 0 Å². The first kappa shape index (κ1) is 25.5. The number of allylic oxidation sites excluding steroid dienone is 1. The maximum Gasteiger partial charge on any atom is 0.0302 e. The normalized spacial score (nSPS) is 12.6. The zero-order valence-electron chi connectivity index (χ0n) is 18.4. The summed E-state index contributed by atoms with van der Waals surface area (Å²) in [5.74, 6) is 3.83. The van der Waals surface area contributed by atoms with Gasteiger partial charge in [-0.15, -0.1) is 0 Å². The van der Waals surface area contributed by atoms with Crippen LogP contribution in [0.2, 0.25) is 0 Å². The van der Waals surface area contributed by atoms with Crippen molar-refractivity contribution in [1.82, 2.24) is 4.98 Å². The molecule has 2 heteroatoms. The van der Waals surface area contributed by atoms with Crippen molar-refractivity contribution in [2.45, 2.75) is 66.7 Å². The molecule has 0 unspecified atom stereocenters. The molecule has 0 bridgehead atoms. The van der Waals surface area contributed by atoms with Gasteiger partial charge in [0.25, 0.3) is 0 Å². The molecule has 0 atom stereocenters. The van der Waals surface area contributed by atoms with Gasteiger partial charge in [0, 0.05) is 18.1 Å². The Morgan fingerprint density at radius 1 is 0.852 bits per heavy atom. The van der Waals surface area contributed by atoms with Crippen LogP contribution in [0.25, 0.3) is 0 Å². The van der Waals surface area contributed by atoms with Crippen LogP contribution in [0.5, 0.6) is 0 Å². The highest BCUT2D eigenvalue weighted by molar-refractivity contribution is 7.99. The van der Waals surface area contributed by atoms with E-state index < -0.39 is 0 Å². The first-order valence-corrected chi connectivity index (χ1v) is 11.3. The lowest BCUT2D eigenvalue weighted by atomic mass is 10.0. The van der Waals surface area contributed by atoms with Crippen molar-refractivity contribution in [3.05, 3.63) is 77.6 Å². The Morgan fingerprint density at radius 2 is 1.44 bits per heavy atom. The average molecular weight is 386 g/mol.